The molecule has 0 saturated carbocycles. The van der Waals surface area contributed by atoms with Crippen molar-refractivity contribution < 1.29 is 12.8 Å². The Morgan fingerprint density at radius 1 is 0.839 bits per heavy atom. The second-order valence-electron chi connectivity index (χ2n) is 7.85. The Labute approximate surface area is 182 Å². The van der Waals surface area contributed by atoms with Crippen LogP contribution in [0.4, 0.5) is 10.2 Å². The van der Waals surface area contributed by atoms with Crippen LogP contribution < -0.4 is 4.90 Å². The van der Waals surface area contributed by atoms with Crippen LogP contribution >= 0.6 is 0 Å². The molecule has 6 nitrogen and oxygen atoms in total. The van der Waals surface area contributed by atoms with E-state index in [9.17, 15) is 12.8 Å². The minimum Gasteiger partial charge on any atom is -0.352 e. The maximum absolute atomic E-state index is 14.0. The van der Waals surface area contributed by atoms with E-state index < -0.39 is 15.8 Å². The molecule has 0 N–H and O–H groups in total. The van der Waals surface area contributed by atoms with Crippen LogP contribution in [0.5, 0.6) is 0 Å². The molecule has 2 aromatic carbocycles. The molecule has 2 heterocycles. The van der Waals surface area contributed by atoms with Crippen LogP contribution in [0.25, 0.3) is 11.3 Å². The number of aromatic nitrogens is 2. The van der Waals surface area contributed by atoms with E-state index in [1.165, 1.54) is 33.6 Å². The Kier molecular flexibility index (Phi) is 5.77. The lowest BCUT2D eigenvalue weighted by Crippen LogP contribution is -2.49. The van der Waals surface area contributed by atoms with E-state index in [0.29, 0.717) is 18.9 Å². The molecule has 31 heavy (non-hydrogen) atoms. The maximum atomic E-state index is 14.0. The van der Waals surface area contributed by atoms with Crippen LogP contribution in [0, 0.1) is 26.6 Å². The number of rotatable bonds is 4. The average Bonchev–Trinajstić information content (AvgIpc) is 2.77. The van der Waals surface area contributed by atoms with Gasteiger partial charge in [0, 0.05) is 31.7 Å². The van der Waals surface area contributed by atoms with Crippen LogP contribution in [0.15, 0.2) is 53.4 Å². The van der Waals surface area contributed by atoms with Crippen molar-refractivity contribution in [3.63, 3.8) is 0 Å². The molecule has 0 spiro atoms. The number of hydrogen-bond donors (Lipinski definition) is 0. The highest BCUT2D eigenvalue weighted by Gasteiger charge is 2.30. The van der Waals surface area contributed by atoms with Crippen molar-refractivity contribution in [2.45, 2.75) is 25.7 Å². The Bertz CT molecular complexity index is 1200. The number of nitrogens with zero attached hydrogens (tertiary/aromatic N) is 4. The summed E-state index contributed by atoms with van der Waals surface area (Å²) in [7, 11) is -3.86. The molecule has 0 bridgehead atoms. The van der Waals surface area contributed by atoms with Crippen LogP contribution in [0.2, 0.25) is 0 Å². The average molecular weight is 441 g/mol. The van der Waals surface area contributed by atoms with Gasteiger partial charge >= 0.3 is 0 Å². The maximum Gasteiger partial charge on any atom is 0.246 e. The number of halogens is 1. The van der Waals surface area contributed by atoms with E-state index >= 15 is 0 Å². The summed E-state index contributed by atoms with van der Waals surface area (Å²) in [6, 6.07) is 13.6. The lowest BCUT2D eigenvalue weighted by atomic mass is 9.99. The second-order valence-corrected chi connectivity index (χ2v) is 9.76. The summed E-state index contributed by atoms with van der Waals surface area (Å²) in [5, 5.41) is 8.79. The zero-order valence-electron chi connectivity index (χ0n) is 17.8. The number of aryl methyl sites for hydroxylation is 3. The zero-order chi connectivity index (χ0) is 22.2. The molecule has 1 fully saturated rings. The highest BCUT2D eigenvalue weighted by molar-refractivity contribution is 7.89. The van der Waals surface area contributed by atoms with Crippen LogP contribution in [-0.2, 0) is 10.0 Å². The molecule has 1 saturated heterocycles. The van der Waals surface area contributed by atoms with Gasteiger partial charge in [0.15, 0.2) is 5.82 Å². The van der Waals surface area contributed by atoms with E-state index in [-0.39, 0.29) is 18.0 Å². The summed E-state index contributed by atoms with van der Waals surface area (Å²) in [6.45, 7) is 7.68. The Balaban J connectivity index is 1.47. The topological polar surface area (TPSA) is 66.4 Å². The fourth-order valence-electron chi connectivity index (χ4n) is 3.82. The van der Waals surface area contributed by atoms with Gasteiger partial charge in [-0.3, -0.25) is 0 Å². The number of anilines is 1. The molecule has 0 aliphatic carbocycles. The van der Waals surface area contributed by atoms with Gasteiger partial charge in [-0.05, 0) is 67.8 Å². The van der Waals surface area contributed by atoms with Crippen molar-refractivity contribution in [1.29, 1.82) is 0 Å². The number of hydrogen-bond acceptors (Lipinski definition) is 5. The molecule has 8 heteroatoms. The van der Waals surface area contributed by atoms with Crippen molar-refractivity contribution >= 4 is 15.8 Å². The summed E-state index contributed by atoms with van der Waals surface area (Å²) in [6.07, 6.45) is 0. The Morgan fingerprint density at radius 3 is 2.16 bits per heavy atom. The van der Waals surface area contributed by atoms with Gasteiger partial charge in [-0.25, -0.2) is 12.8 Å². The molecule has 0 atom stereocenters. The highest BCUT2D eigenvalue weighted by atomic mass is 32.2. The van der Waals surface area contributed by atoms with Crippen LogP contribution in [0.1, 0.15) is 16.7 Å². The molecule has 0 radical (unpaired) electrons. The van der Waals surface area contributed by atoms with Gasteiger partial charge in [-0.15, -0.1) is 10.2 Å². The van der Waals surface area contributed by atoms with Gasteiger partial charge in [0.1, 0.15) is 10.7 Å². The summed E-state index contributed by atoms with van der Waals surface area (Å²) >= 11 is 0. The first kappa shape index (κ1) is 21.4. The summed E-state index contributed by atoms with van der Waals surface area (Å²) in [4.78, 5) is 1.72. The van der Waals surface area contributed by atoms with Crippen molar-refractivity contribution in [2.24, 2.45) is 0 Å². The molecule has 3 aromatic rings. The standard InChI is InChI=1S/C23H25FN4O2S/c1-16-14-18(3)19(15-17(16)2)21-8-9-23(26-25-21)27-10-12-28(13-11-27)31(29,30)22-7-5-4-6-20(22)24/h4-9,14-15H,10-13H2,1-3H3. The van der Waals surface area contributed by atoms with Gasteiger partial charge in [-0.1, -0.05) is 18.2 Å². The third-order valence-corrected chi connectivity index (χ3v) is 7.72. The quantitative estimate of drug-likeness (QED) is 0.619. The van der Waals surface area contributed by atoms with Gasteiger partial charge in [0.2, 0.25) is 10.0 Å². The van der Waals surface area contributed by atoms with Gasteiger partial charge in [0.05, 0.1) is 5.69 Å². The van der Waals surface area contributed by atoms with Crippen molar-refractivity contribution in [2.75, 3.05) is 31.1 Å². The first-order chi connectivity index (χ1) is 14.8. The van der Waals surface area contributed by atoms with Crippen molar-refractivity contribution in [3.05, 3.63) is 71.0 Å². The van der Waals surface area contributed by atoms with E-state index in [1.807, 2.05) is 17.0 Å². The van der Waals surface area contributed by atoms with Crippen molar-refractivity contribution in [3.8, 4) is 11.3 Å². The zero-order valence-corrected chi connectivity index (χ0v) is 18.7. The first-order valence-electron chi connectivity index (χ1n) is 10.2. The molecule has 0 unspecified atom stereocenters. The highest BCUT2D eigenvalue weighted by Crippen LogP contribution is 2.26. The van der Waals surface area contributed by atoms with E-state index in [2.05, 4.69) is 43.1 Å². The smallest absolute Gasteiger partial charge is 0.246 e. The number of sulfonamides is 1. The number of piperazine rings is 1. The minimum absolute atomic E-state index is 0.260. The van der Waals surface area contributed by atoms with Crippen molar-refractivity contribution in [1.82, 2.24) is 14.5 Å². The molecule has 1 aliphatic rings. The Hall–Kier alpha value is -2.84. The van der Waals surface area contributed by atoms with Gasteiger partial charge < -0.3 is 4.90 Å². The van der Waals surface area contributed by atoms with Gasteiger partial charge in [-0.2, -0.15) is 4.31 Å². The van der Waals surface area contributed by atoms with Crippen LogP contribution in [0.3, 0.4) is 0 Å². The normalized spacial score (nSPS) is 15.3. The first-order valence-corrected chi connectivity index (χ1v) is 11.6. The molecule has 1 aliphatic heterocycles. The van der Waals surface area contributed by atoms with E-state index in [1.54, 1.807) is 0 Å². The summed E-state index contributed by atoms with van der Waals surface area (Å²) < 4.78 is 40.9. The predicted molar refractivity (Wildman–Crippen MR) is 119 cm³/mol. The fourth-order valence-corrected chi connectivity index (χ4v) is 5.31. The predicted octanol–water partition coefficient (Wildman–Crippen LogP) is 3.72. The third kappa shape index (κ3) is 4.18. The third-order valence-electron chi connectivity index (χ3n) is 5.78. The second kappa shape index (κ2) is 8.36. The largest absolute Gasteiger partial charge is 0.352 e. The minimum atomic E-state index is -3.86. The van der Waals surface area contributed by atoms with E-state index in [0.717, 1.165) is 22.9 Å². The molecular formula is C23H25FN4O2S. The Morgan fingerprint density at radius 2 is 1.52 bits per heavy atom. The number of benzene rings is 2. The molecular weight excluding hydrogens is 415 g/mol. The summed E-state index contributed by atoms with van der Waals surface area (Å²) in [5.74, 6) is -0.0267. The lowest BCUT2D eigenvalue weighted by Gasteiger charge is -2.34. The fraction of sp³-hybridized carbons (Fsp3) is 0.304. The SMILES string of the molecule is Cc1cc(C)c(-c2ccc(N3CCN(S(=O)(=O)c4ccccc4F)CC3)nn2)cc1C. The molecule has 162 valence electrons. The molecule has 0 amide bonds. The summed E-state index contributed by atoms with van der Waals surface area (Å²) in [5.41, 5.74) is 5.47. The monoisotopic (exact) mass is 440 g/mol. The van der Waals surface area contributed by atoms with Gasteiger partial charge in [0.25, 0.3) is 0 Å². The lowest BCUT2D eigenvalue weighted by molar-refractivity contribution is 0.381. The van der Waals surface area contributed by atoms with E-state index in [4.69, 9.17) is 0 Å². The van der Waals surface area contributed by atoms with Crippen LogP contribution in [-0.4, -0.2) is 49.1 Å². The molecule has 4 rings (SSSR count). The molecule has 1 aromatic heterocycles.